The maximum Gasteiger partial charge on any atom is 0.277 e. The first-order chi connectivity index (χ1) is 12.0. The predicted octanol–water partition coefficient (Wildman–Crippen LogP) is 2.33. The number of anilines is 1. The molecule has 128 valence electrons. The molecular formula is C17H17N5O3. The lowest BCUT2D eigenvalue weighted by atomic mass is 10.1. The Hall–Kier alpha value is -3.42. The number of amides is 2. The van der Waals surface area contributed by atoms with Crippen LogP contribution >= 0.6 is 0 Å². The van der Waals surface area contributed by atoms with E-state index in [4.69, 9.17) is 10.2 Å². The minimum atomic E-state index is -0.621. The molecule has 2 aromatic heterocycles. The van der Waals surface area contributed by atoms with Crippen LogP contribution in [0.4, 0.5) is 5.69 Å². The zero-order chi connectivity index (χ0) is 18.0. The molecule has 3 aromatic rings. The fraction of sp³-hybridized carbons (Fsp3) is 0.176. The summed E-state index contributed by atoms with van der Waals surface area (Å²) in [6.45, 7) is 3.83. The van der Waals surface area contributed by atoms with Crippen LogP contribution in [0.2, 0.25) is 0 Å². The molecule has 0 atom stereocenters. The first-order valence-corrected chi connectivity index (χ1v) is 7.67. The van der Waals surface area contributed by atoms with Gasteiger partial charge in [-0.25, -0.2) is 9.67 Å². The predicted molar refractivity (Wildman–Crippen MR) is 90.6 cm³/mol. The summed E-state index contributed by atoms with van der Waals surface area (Å²) in [6, 6.07) is 8.58. The van der Waals surface area contributed by atoms with Gasteiger partial charge in [0.25, 0.3) is 11.8 Å². The van der Waals surface area contributed by atoms with Gasteiger partial charge < -0.3 is 15.5 Å². The number of aromatic nitrogens is 3. The van der Waals surface area contributed by atoms with Gasteiger partial charge in [-0.3, -0.25) is 9.59 Å². The van der Waals surface area contributed by atoms with Gasteiger partial charge >= 0.3 is 0 Å². The van der Waals surface area contributed by atoms with Crippen molar-refractivity contribution in [2.45, 2.75) is 19.8 Å². The van der Waals surface area contributed by atoms with Gasteiger partial charge in [0, 0.05) is 12.1 Å². The van der Waals surface area contributed by atoms with E-state index in [0.717, 1.165) is 0 Å². The molecule has 3 N–H and O–H groups in total. The highest BCUT2D eigenvalue weighted by Crippen LogP contribution is 2.23. The molecule has 0 fully saturated rings. The maximum atomic E-state index is 12.6. The lowest BCUT2D eigenvalue weighted by Crippen LogP contribution is -2.17. The average molecular weight is 339 g/mol. The summed E-state index contributed by atoms with van der Waals surface area (Å²) < 4.78 is 6.76. The van der Waals surface area contributed by atoms with Crippen LogP contribution < -0.4 is 11.1 Å². The molecule has 0 aliphatic carbocycles. The molecule has 8 heteroatoms. The summed E-state index contributed by atoms with van der Waals surface area (Å²) in [7, 11) is 0. The van der Waals surface area contributed by atoms with Crippen molar-refractivity contribution in [3.63, 3.8) is 0 Å². The van der Waals surface area contributed by atoms with Crippen molar-refractivity contribution in [2.24, 2.45) is 5.73 Å². The molecule has 2 heterocycles. The Labute approximate surface area is 143 Å². The normalized spacial score (nSPS) is 10.8. The van der Waals surface area contributed by atoms with E-state index in [1.165, 1.54) is 17.1 Å². The summed E-state index contributed by atoms with van der Waals surface area (Å²) in [6.07, 6.45) is 2.85. The van der Waals surface area contributed by atoms with Crippen LogP contribution in [0, 0.1) is 0 Å². The fourth-order valence-electron chi connectivity index (χ4n) is 2.39. The van der Waals surface area contributed by atoms with Crippen molar-refractivity contribution in [3.8, 4) is 5.69 Å². The van der Waals surface area contributed by atoms with E-state index in [1.807, 2.05) is 13.8 Å². The van der Waals surface area contributed by atoms with Crippen LogP contribution in [0.5, 0.6) is 0 Å². The van der Waals surface area contributed by atoms with Crippen molar-refractivity contribution in [3.05, 3.63) is 60.1 Å². The van der Waals surface area contributed by atoms with Crippen molar-refractivity contribution < 1.29 is 14.0 Å². The van der Waals surface area contributed by atoms with Crippen molar-refractivity contribution in [1.29, 1.82) is 0 Å². The standard InChI is InChI=1S/C17H17N5O3/c1-10(2)15-14(19-9-25-15)17(24)20-11-5-3-4-6-13(11)22-8-7-12(21-22)16(18)23/h3-10H,1-2H3,(H2,18,23)(H,20,24). The maximum absolute atomic E-state index is 12.6. The third-order valence-electron chi connectivity index (χ3n) is 3.57. The Morgan fingerprint density at radius 3 is 2.68 bits per heavy atom. The number of hydrogen-bond donors (Lipinski definition) is 2. The van der Waals surface area contributed by atoms with Crippen LogP contribution in [0.25, 0.3) is 5.69 Å². The van der Waals surface area contributed by atoms with Crippen molar-refractivity contribution in [1.82, 2.24) is 14.8 Å². The number of para-hydroxylation sites is 2. The van der Waals surface area contributed by atoms with Crippen LogP contribution in [0.3, 0.4) is 0 Å². The van der Waals surface area contributed by atoms with E-state index < -0.39 is 5.91 Å². The number of carbonyl (C=O) groups is 2. The molecule has 2 amide bonds. The van der Waals surface area contributed by atoms with Gasteiger partial charge in [0.05, 0.1) is 11.4 Å². The third-order valence-corrected chi connectivity index (χ3v) is 3.57. The molecule has 25 heavy (non-hydrogen) atoms. The Bertz CT molecular complexity index is 926. The first kappa shape index (κ1) is 16.4. The molecule has 0 aliphatic rings. The topological polar surface area (TPSA) is 116 Å². The summed E-state index contributed by atoms with van der Waals surface area (Å²) in [5.74, 6) is -0.454. The highest BCUT2D eigenvalue weighted by molar-refractivity contribution is 6.04. The third kappa shape index (κ3) is 3.27. The minimum absolute atomic E-state index is 0.0303. The molecule has 0 saturated carbocycles. The number of nitrogens with zero attached hydrogens (tertiary/aromatic N) is 3. The molecule has 0 radical (unpaired) electrons. The molecular weight excluding hydrogens is 322 g/mol. The monoisotopic (exact) mass is 339 g/mol. The Morgan fingerprint density at radius 2 is 2.00 bits per heavy atom. The van der Waals surface area contributed by atoms with E-state index >= 15 is 0 Å². The zero-order valence-corrected chi connectivity index (χ0v) is 13.8. The van der Waals surface area contributed by atoms with Gasteiger partial charge in [0.2, 0.25) is 0 Å². The number of oxazole rings is 1. The van der Waals surface area contributed by atoms with Crippen LogP contribution in [-0.2, 0) is 0 Å². The molecule has 0 aliphatic heterocycles. The van der Waals surface area contributed by atoms with E-state index in [0.29, 0.717) is 17.1 Å². The lowest BCUT2D eigenvalue weighted by Gasteiger charge is -2.11. The second kappa shape index (κ2) is 6.60. The highest BCUT2D eigenvalue weighted by atomic mass is 16.3. The fourth-order valence-corrected chi connectivity index (χ4v) is 2.39. The van der Waals surface area contributed by atoms with Gasteiger partial charge in [0.15, 0.2) is 12.1 Å². The smallest absolute Gasteiger partial charge is 0.277 e. The molecule has 0 spiro atoms. The second-order valence-corrected chi connectivity index (χ2v) is 5.70. The Kier molecular flexibility index (Phi) is 4.34. The number of nitrogens with two attached hydrogens (primary N) is 1. The number of benzene rings is 1. The number of carbonyl (C=O) groups excluding carboxylic acids is 2. The van der Waals surface area contributed by atoms with Gasteiger partial charge in [-0.2, -0.15) is 5.10 Å². The summed E-state index contributed by atoms with van der Waals surface area (Å²) >= 11 is 0. The Balaban J connectivity index is 1.92. The summed E-state index contributed by atoms with van der Waals surface area (Å²) in [5.41, 5.74) is 6.72. The quantitative estimate of drug-likeness (QED) is 0.740. The summed E-state index contributed by atoms with van der Waals surface area (Å²) in [4.78, 5) is 27.8. The number of primary amides is 1. The van der Waals surface area contributed by atoms with Gasteiger partial charge in [0.1, 0.15) is 11.5 Å². The van der Waals surface area contributed by atoms with Crippen LogP contribution in [-0.4, -0.2) is 26.6 Å². The van der Waals surface area contributed by atoms with Crippen molar-refractivity contribution in [2.75, 3.05) is 5.32 Å². The number of nitrogens with one attached hydrogen (secondary N) is 1. The second-order valence-electron chi connectivity index (χ2n) is 5.70. The molecule has 3 rings (SSSR count). The first-order valence-electron chi connectivity index (χ1n) is 7.67. The average Bonchev–Trinajstić information content (AvgIpc) is 3.25. The molecule has 0 unspecified atom stereocenters. The van der Waals surface area contributed by atoms with Crippen molar-refractivity contribution >= 4 is 17.5 Å². The van der Waals surface area contributed by atoms with Gasteiger partial charge in [-0.05, 0) is 18.2 Å². The van der Waals surface area contributed by atoms with Gasteiger partial charge in [-0.15, -0.1) is 0 Å². The van der Waals surface area contributed by atoms with Crippen LogP contribution in [0.1, 0.15) is 46.5 Å². The highest BCUT2D eigenvalue weighted by Gasteiger charge is 2.20. The van der Waals surface area contributed by atoms with E-state index in [2.05, 4.69) is 15.4 Å². The number of hydrogen-bond acceptors (Lipinski definition) is 5. The van der Waals surface area contributed by atoms with Crippen LogP contribution in [0.15, 0.2) is 47.3 Å². The lowest BCUT2D eigenvalue weighted by molar-refractivity contribution is 0.0992. The molecule has 0 saturated heterocycles. The molecule has 1 aromatic carbocycles. The zero-order valence-electron chi connectivity index (χ0n) is 13.8. The van der Waals surface area contributed by atoms with E-state index in [9.17, 15) is 9.59 Å². The largest absolute Gasteiger partial charge is 0.447 e. The van der Waals surface area contributed by atoms with Gasteiger partial charge in [-0.1, -0.05) is 26.0 Å². The molecule has 8 nitrogen and oxygen atoms in total. The SMILES string of the molecule is CC(C)c1ocnc1C(=O)Nc1ccccc1-n1ccc(C(N)=O)n1. The molecule has 0 bridgehead atoms. The minimum Gasteiger partial charge on any atom is -0.447 e. The van der Waals surface area contributed by atoms with E-state index in [1.54, 1.807) is 30.5 Å². The summed E-state index contributed by atoms with van der Waals surface area (Å²) in [5, 5.41) is 6.92. The Morgan fingerprint density at radius 1 is 1.24 bits per heavy atom. The van der Waals surface area contributed by atoms with E-state index in [-0.39, 0.29) is 23.2 Å². The number of rotatable bonds is 5.